The molecule has 0 fully saturated rings. The zero-order valence-electron chi connectivity index (χ0n) is 12.9. The van der Waals surface area contributed by atoms with Crippen LogP contribution in [-0.4, -0.2) is 11.0 Å². The maximum absolute atomic E-state index is 13.1. The van der Waals surface area contributed by atoms with Crippen LogP contribution in [0.3, 0.4) is 0 Å². The Hall–Kier alpha value is -2.47. The van der Waals surface area contributed by atoms with Gasteiger partial charge in [0.25, 0.3) is 0 Å². The van der Waals surface area contributed by atoms with Gasteiger partial charge in [-0.1, -0.05) is 24.3 Å². The highest BCUT2D eigenvalue weighted by molar-refractivity contribution is 7.80. The molecule has 6 heteroatoms. The zero-order chi connectivity index (χ0) is 16.8. The van der Waals surface area contributed by atoms with Gasteiger partial charge in [0.05, 0.1) is 6.42 Å². The first-order chi connectivity index (χ1) is 11.0. The van der Waals surface area contributed by atoms with Crippen LogP contribution in [0.5, 0.6) is 0 Å². The minimum Gasteiger partial charge on any atom is -0.331 e. The van der Waals surface area contributed by atoms with Gasteiger partial charge in [-0.25, -0.2) is 4.39 Å². The molecule has 0 heterocycles. The van der Waals surface area contributed by atoms with E-state index in [-0.39, 0.29) is 23.3 Å². The van der Waals surface area contributed by atoms with Crippen LogP contribution in [0, 0.1) is 19.7 Å². The topological polar surface area (TPSA) is 53.2 Å². The molecule has 2 aromatic carbocycles. The minimum absolute atomic E-state index is 0.0663. The number of aryl methyl sites for hydroxylation is 1. The van der Waals surface area contributed by atoms with Crippen molar-refractivity contribution in [3.05, 3.63) is 65.0 Å². The minimum atomic E-state index is -0.365. The summed E-state index contributed by atoms with van der Waals surface area (Å²) in [6, 6.07) is 11.8. The van der Waals surface area contributed by atoms with Crippen LogP contribution in [0.25, 0.3) is 0 Å². The number of benzene rings is 2. The fraction of sp³-hybridized carbons (Fsp3) is 0.176. The number of hydrazine groups is 1. The smallest absolute Gasteiger partial charge is 0.242 e. The largest absolute Gasteiger partial charge is 0.331 e. The van der Waals surface area contributed by atoms with Crippen molar-refractivity contribution in [1.29, 1.82) is 0 Å². The Balaban J connectivity index is 1.84. The van der Waals surface area contributed by atoms with Crippen LogP contribution in [0.15, 0.2) is 42.5 Å². The third kappa shape index (κ3) is 5.03. The third-order valence-electron chi connectivity index (χ3n) is 3.42. The lowest BCUT2D eigenvalue weighted by atomic mass is 10.1. The lowest BCUT2D eigenvalue weighted by Gasteiger charge is -2.14. The fourth-order valence-corrected chi connectivity index (χ4v) is 2.20. The van der Waals surface area contributed by atoms with E-state index >= 15 is 0 Å². The second-order valence-electron chi connectivity index (χ2n) is 5.18. The van der Waals surface area contributed by atoms with Gasteiger partial charge in [-0.15, -0.1) is 0 Å². The van der Waals surface area contributed by atoms with Crippen LogP contribution in [0.2, 0.25) is 0 Å². The Morgan fingerprint density at radius 2 is 1.87 bits per heavy atom. The number of carbonyl (C=O) groups excluding carboxylic acids is 1. The molecule has 0 aliphatic heterocycles. The van der Waals surface area contributed by atoms with Gasteiger partial charge in [-0.2, -0.15) is 0 Å². The van der Waals surface area contributed by atoms with E-state index in [1.165, 1.54) is 12.1 Å². The van der Waals surface area contributed by atoms with Crippen molar-refractivity contribution < 1.29 is 9.18 Å². The summed E-state index contributed by atoms with van der Waals surface area (Å²) in [7, 11) is 0. The predicted molar refractivity (Wildman–Crippen MR) is 93.5 cm³/mol. The van der Waals surface area contributed by atoms with E-state index in [2.05, 4.69) is 16.2 Å². The van der Waals surface area contributed by atoms with Gasteiger partial charge in [-0.3, -0.25) is 15.6 Å². The number of hydrogen-bond donors (Lipinski definition) is 3. The highest BCUT2D eigenvalue weighted by Crippen LogP contribution is 2.17. The van der Waals surface area contributed by atoms with Gasteiger partial charge in [0.1, 0.15) is 5.82 Å². The molecule has 0 bridgehead atoms. The number of rotatable bonds is 3. The van der Waals surface area contributed by atoms with E-state index in [4.69, 9.17) is 12.2 Å². The summed E-state index contributed by atoms with van der Waals surface area (Å²) >= 11 is 5.15. The summed E-state index contributed by atoms with van der Waals surface area (Å²) < 4.78 is 13.1. The van der Waals surface area contributed by atoms with E-state index in [9.17, 15) is 9.18 Å². The molecule has 2 rings (SSSR count). The molecule has 0 aromatic heterocycles. The van der Waals surface area contributed by atoms with Gasteiger partial charge < -0.3 is 5.32 Å². The maximum atomic E-state index is 13.1. The molecule has 0 atom stereocenters. The van der Waals surface area contributed by atoms with Crippen molar-refractivity contribution in [3.8, 4) is 0 Å². The molecule has 0 radical (unpaired) electrons. The number of thiocarbonyl (C=S) groups is 1. The monoisotopic (exact) mass is 331 g/mol. The van der Waals surface area contributed by atoms with Crippen molar-refractivity contribution in [1.82, 2.24) is 10.9 Å². The van der Waals surface area contributed by atoms with Gasteiger partial charge in [0, 0.05) is 5.69 Å². The van der Waals surface area contributed by atoms with Crippen LogP contribution < -0.4 is 16.2 Å². The fourth-order valence-electron chi connectivity index (χ4n) is 2.04. The Kier molecular flexibility index (Phi) is 5.65. The lowest BCUT2D eigenvalue weighted by molar-refractivity contribution is -0.120. The van der Waals surface area contributed by atoms with Gasteiger partial charge in [-0.05, 0) is 61.0 Å². The van der Waals surface area contributed by atoms with Gasteiger partial charge >= 0.3 is 0 Å². The molecule has 0 saturated heterocycles. The number of nitrogens with one attached hydrogen (secondary N) is 3. The van der Waals surface area contributed by atoms with Crippen LogP contribution >= 0.6 is 12.2 Å². The van der Waals surface area contributed by atoms with Crippen molar-refractivity contribution in [3.63, 3.8) is 0 Å². The first kappa shape index (κ1) is 16.9. The molecule has 0 spiro atoms. The summed E-state index contributed by atoms with van der Waals surface area (Å²) in [4.78, 5) is 11.8. The summed E-state index contributed by atoms with van der Waals surface area (Å²) in [5, 5.41) is 3.31. The summed E-state index contributed by atoms with van der Waals surface area (Å²) in [5.74, 6) is -0.670. The quantitative estimate of drug-likeness (QED) is 0.598. The van der Waals surface area contributed by atoms with Crippen molar-refractivity contribution >= 4 is 28.9 Å². The van der Waals surface area contributed by atoms with Gasteiger partial charge in [0.2, 0.25) is 5.91 Å². The van der Waals surface area contributed by atoms with Crippen molar-refractivity contribution in [2.45, 2.75) is 20.3 Å². The molecule has 3 N–H and O–H groups in total. The van der Waals surface area contributed by atoms with E-state index in [1.54, 1.807) is 12.1 Å². The van der Waals surface area contributed by atoms with E-state index in [0.29, 0.717) is 5.56 Å². The molecule has 0 unspecified atom stereocenters. The Morgan fingerprint density at radius 1 is 1.13 bits per heavy atom. The second kappa shape index (κ2) is 7.69. The Labute approximate surface area is 140 Å². The number of amides is 1. The first-order valence-electron chi connectivity index (χ1n) is 7.12. The molecular weight excluding hydrogens is 313 g/mol. The Morgan fingerprint density at radius 3 is 2.61 bits per heavy atom. The van der Waals surface area contributed by atoms with Crippen LogP contribution in [0.1, 0.15) is 16.7 Å². The standard InChI is InChI=1S/C17H18FN3OS/c1-11-5-3-8-15(12(11)2)19-17(23)21-20-16(22)10-13-6-4-7-14(18)9-13/h3-9H,10H2,1-2H3,(H,20,22)(H2,19,21,23). The third-order valence-corrected chi connectivity index (χ3v) is 3.63. The SMILES string of the molecule is Cc1cccc(NC(=S)NNC(=O)Cc2cccc(F)c2)c1C. The molecule has 2 aromatic rings. The first-order valence-corrected chi connectivity index (χ1v) is 7.53. The van der Waals surface area contributed by atoms with Gasteiger partial charge in [0.15, 0.2) is 5.11 Å². The van der Waals surface area contributed by atoms with Crippen molar-refractivity contribution in [2.75, 3.05) is 5.32 Å². The maximum Gasteiger partial charge on any atom is 0.242 e. The molecule has 23 heavy (non-hydrogen) atoms. The molecule has 1 amide bonds. The molecule has 0 aliphatic carbocycles. The summed E-state index contributed by atoms with van der Waals surface area (Å²) in [6.07, 6.45) is 0.0663. The van der Waals surface area contributed by atoms with Crippen molar-refractivity contribution in [2.24, 2.45) is 0 Å². The molecule has 0 aliphatic rings. The summed E-state index contributed by atoms with van der Waals surface area (Å²) in [5.41, 5.74) is 8.83. The number of hydrogen-bond acceptors (Lipinski definition) is 2. The number of anilines is 1. The lowest BCUT2D eigenvalue weighted by Crippen LogP contribution is -2.44. The Bertz CT molecular complexity index is 734. The van der Waals surface area contributed by atoms with E-state index in [1.807, 2.05) is 32.0 Å². The second-order valence-corrected chi connectivity index (χ2v) is 5.59. The molecule has 4 nitrogen and oxygen atoms in total. The molecular formula is C17H18FN3OS. The highest BCUT2D eigenvalue weighted by Gasteiger charge is 2.06. The number of carbonyl (C=O) groups is 1. The normalized spacial score (nSPS) is 10.0. The number of halogens is 1. The predicted octanol–water partition coefficient (Wildman–Crippen LogP) is 3.00. The van der Waals surface area contributed by atoms with E-state index in [0.717, 1.165) is 16.8 Å². The van der Waals surface area contributed by atoms with Crippen LogP contribution in [0.4, 0.5) is 10.1 Å². The zero-order valence-corrected chi connectivity index (χ0v) is 13.8. The van der Waals surface area contributed by atoms with E-state index < -0.39 is 0 Å². The molecule has 0 saturated carbocycles. The summed E-state index contributed by atoms with van der Waals surface area (Å²) in [6.45, 7) is 4.00. The average molecular weight is 331 g/mol. The van der Waals surface area contributed by atoms with Crippen LogP contribution in [-0.2, 0) is 11.2 Å². The highest BCUT2D eigenvalue weighted by atomic mass is 32.1. The average Bonchev–Trinajstić information content (AvgIpc) is 2.50. The molecule has 120 valence electrons.